The third-order valence-corrected chi connectivity index (χ3v) is 10.3. The molecule has 0 radical (unpaired) electrons. The van der Waals surface area contributed by atoms with Crippen LogP contribution in [0.2, 0.25) is 5.02 Å². The Bertz CT molecular complexity index is 956. The summed E-state index contributed by atoms with van der Waals surface area (Å²) in [7, 11) is -1.38. The maximum absolute atomic E-state index is 12.4. The molecule has 2 N–H and O–H groups in total. The molecular weight excluding hydrogens is 490 g/mol. The number of rotatable bonds is 13. The average molecular weight is 535 g/mol. The summed E-state index contributed by atoms with van der Waals surface area (Å²) in [5.41, 5.74) is 3.11. The van der Waals surface area contributed by atoms with E-state index in [0.29, 0.717) is 19.2 Å². The highest BCUT2D eigenvalue weighted by atomic mass is 35.5. The first-order valence-electron chi connectivity index (χ1n) is 13.8. The summed E-state index contributed by atoms with van der Waals surface area (Å²) in [4.78, 5) is 2.37. The van der Waals surface area contributed by atoms with Gasteiger partial charge in [0.25, 0.3) is 0 Å². The van der Waals surface area contributed by atoms with Gasteiger partial charge >= 0.3 is 0 Å². The van der Waals surface area contributed by atoms with Crippen molar-refractivity contribution in [2.24, 2.45) is 5.41 Å². The van der Waals surface area contributed by atoms with Gasteiger partial charge in [0.05, 0.1) is 12.3 Å². The first kappa shape index (κ1) is 27.8. The van der Waals surface area contributed by atoms with E-state index < -0.39 is 11.0 Å². The molecule has 1 aliphatic heterocycles. The summed E-state index contributed by atoms with van der Waals surface area (Å²) in [5.74, 6) is 1.76. The fourth-order valence-corrected chi connectivity index (χ4v) is 7.60. The number of nitrogens with zero attached hydrogens (tertiary/aromatic N) is 1. The van der Waals surface area contributed by atoms with Gasteiger partial charge in [-0.1, -0.05) is 66.8 Å². The van der Waals surface area contributed by atoms with Crippen molar-refractivity contribution in [3.63, 3.8) is 0 Å². The summed E-state index contributed by atoms with van der Waals surface area (Å²) < 4.78 is 21.8. The van der Waals surface area contributed by atoms with Crippen LogP contribution in [0.15, 0.2) is 47.7 Å². The Morgan fingerprint density at radius 2 is 1.94 bits per heavy atom. The minimum absolute atomic E-state index is 0.0192. The van der Waals surface area contributed by atoms with Gasteiger partial charge in [-0.3, -0.25) is 0 Å². The van der Waals surface area contributed by atoms with Crippen molar-refractivity contribution in [2.45, 2.75) is 70.8 Å². The molecule has 1 heterocycles. The summed E-state index contributed by atoms with van der Waals surface area (Å²) in [5, 5.41) is 4.74. The zero-order chi connectivity index (χ0) is 25.6. The number of halogens is 1. The fourth-order valence-electron chi connectivity index (χ4n) is 6.55. The van der Waals surface area contributed by atoms with Crippen LogP contribution in [0.25, 0.3) is 0 Å². The van der Waals surface area contributed by atoms with E-state index in [0.717, 1.165) is 62.0 Å². The van der Waals surface area contributed by atoms with Crippen LogP contribution < -0.4 is 10.0 Å². The topological polar surface area (TPSA) is 53.6 Å². The van der Waals surface area contributed by atoms with Gasteiger partial charge in [0, 0.05) is 41.3 Å². The minimum atomic E-state index is -1.38. The zero-order valence-electron chi connectivity index (χ0n) is 22.3. The Morgan fingerprint density at radius 1 is 1.19 bits per heavy atom. The molecule has 7 heteroatoms. The number of hydrogen-bond donors (Lipinski definition) is 2. The summed E-state index contributed by atoms with van der Waals surface area (Å²) in [6.07, 6.45) is 11.1. The molecule has 2 fully saturated rings. The van der Waals surface area contributed by atoms with Crippen molar-refractivity contribution in [3.05, 3.63) is 58.3 Å². The molecule has 2 aliphatic carbocycles. The number of piperidine rings is 1. The molecule has 200 valence electrons. The Balaban J connectivity index is 1.32. The zero-order valence-corrected chi connectivity index (χ0v) is 24.0. The van der Waals surface area contributed by atoms with E-state index in [1.165, 1.54) is 30.4 Å². The van der Waals surface area contributed by atoms with Crippen LogP contribution in [0.3, 0.4) is 0 Å². The largest absolute Gasteiger partial charge is 0.496 e. The van der Waals surface area contributed by atoms with E-state index in [2.05, 4.69) is 60.0 Å². The van der Waals surface area contributed by atoms with Crippen LogP contribution in [0.5, 0.6) is 0 Å². The quantitative estimate of drug-likeness (QED) is 0.205. The van der Waals surface area contributed by atoms with E-state index in [9.17, 15) is 4.21 Å². The second kappa shape index (κ2) is 12.6. The van der Waals surface area contributed by atoms with Gasteiger partial charge in [-0.25, -0.2) is 0 Å². The highest BCUT2D eigenvalue weighted by Crippen LogP contribution is 2.57. The van der Waals surface area contributed by atoms with Crippen molar-refractivity contribution in [2.75, 3.05) is 45.1 Å². The smallest absolute Gasteiger partial charge is 0.142 e. The van der Waals surface area contributed by atoms with Crippen molar-refractivity contribution in [1.29, 1.82) is 0 Å². The Hall–Kier alpha value is -1.18. The third kappa shape index (κ3) is 6.10. The van der Waals surface area contributed by atoms with Gasteiger partial charge in [-0.15, -0.1) is 4.72 Å². The monoisotopic (exact) mass is 534 g/mol. The lowest BCUT2D eigenvalue weighted by atomic mass is 9.51. The number of fused-ring (bicyclic) bond motifs is 1. The molecule has 5 nitrogen and oxygen atoms in total. The molecule has 1 saturated carbocycles. The van der Waals surface area contributed by atoms with Crippen LogP contribution in [0.1, 0.15) is 64.9 Å². The lowest BCUT2D eigenvalue weighted by molar-refractivity contribution is 0.0586. The van der Waals surface area contributed by atoms with E-state index >= 15 is 0 Å². The lowest BCUT2D eigenvalue weighted by Gasteiger charge is -2.58. The van der Waals surface area contributed by atoms with E-state index in [1.54, 1.807) is 0 Å². The van der Waals surface area contributed by atoms with Gasteiger partial charge < -0.3 is 15.0 Å². The highest BCUT2D eigenvalue weighted by Gasteiger charge is 2.55. The molecule has 1 saturated heterocycles. The first-order chi connectivity index (χ1) is 17.4. The molecule has 0 spiro atoms. The molecule has 0 aromatic heterocycles. The first-order valence-corrected chi connectivity index (χ1v) is 15.7. The Labute approximate surface area is 225 Å². The standard InChI is InChI=1S/C29H44ClN3O2S/c1-4-33(5-2)19-7-21-36(34)32-18-20-35-26-13-10-23-14-17-31-27(28(23,3)22-26)29(15-6-16-29)24-8-11-25(30)12-9-24/h8-13,27,31H,4-7,14-22H2,1-3H3,(H,32,34)/p+1. The van der Waals surface area contributed by atoms with Crippen LogP contribution in [-0.2, 0) is 25.3 Å². The fraction of sp³-hybridized carbons (Fsp3) is 0.655. The van der Waals surface area contributed by atoms with Crippen molar-refractivity contribution >= 4 is 22.6 Å². The van der Waals surface area contributed by atoms with Crippen LogP contribution in [0.4, 0.5) is 0 Å². The normalized spacial score (nSPS) is 26.0. The number of allylic oxidation sites excluding steroid dienone is 3. The number of benzene rings is 1. The molecule has 0 amide bonds. The van der Waals surface area contributed by atoms with E-state index in [-0.39, 0.29) is 10.8 Å². The minimum Gasteiger partial charge on any atom is -0.496 e. The second-order valence-electron chi connectivity index (χ2n) is 10.8. The number of hydrogen-bond acceptors (Lipinski definition) is 4. The maximum atomic E-state index is 12.4. The summed E-state index contributed by atoms with van der Waals surface area (Å²) >= 11 is 6.22. The van der Waals surface area contributed by atoms with Gasteiger partial charge in [0.1, 0.15) is 23.3 Å². The van der Waals surface area contributed by atoms with Gasteiger partial charge in [0.2, 0.25) is 0 Å². The predicted molar refractivity (Wildman–Crippen MR) is 153 cm³/mol. The maximum Gasteiger partial charge on any atom is 0.142 e. The Kier molecular flexibility index (Phi) is 9.73. The van der Waals surface area contributed by atoms with Crippen molar-refractivity contribution in [3.8, 4) is 0 Å². The number of ether oxygens (including phenoxy) is 1. The highest BCUT2D eigenvalue weighted by molar-refractivity contribution is 7.82. The van der Waals surface area contributed by atoms with Gasteiger partial charge in [-0.05, 0) is 62.7 Å². The molecule has 3 atom stereocenters. The summed E-state index contributed by atoms with van der Waals surface area (Å²) in [6.45, 7) is 12.1. The lowest BCUT2D eigenvalue weighted by Crippen LogP contribution is -2.63. The number of nitrogens with one attached hydrogen (secondary N) is 2. The van der Waals surface area contributed by atoms with Crippen LogP contribution in [0, 0.1) is 5.41 Å². The molecule has 3 aliphatic rings. The molecule has 1 aromatic rings. The molecule has 3 unspecified atom stereocenters. The van der Waals surface area contributed by atoms with Crippen molar-refractivity contribution < 1.29 is 8.95 Å². The molecular formula is C29H45ClN3O2S+. The molecule has 36 heavy (non-hydrogen) atoms. The SMILES string of the molecule is CCN(CC)CCC[SH+](=O)NCCOC1=CC=C2CCNC(C3(c4ccc(Cl)cc4)CCC3)C2(C)C1. The molecule has 1 aromatic carbocycles. The van der Waals surface area contributed by atoms with E-state index in [1.807, 2.05) is 12.1 Å². The second-order valence-corrected chi connectivity index (χ2v) is 12.8. The third-order valence-electron chi connectivity index (χ3n) is 8.75. The van der Waals surface area contributed by atoms with Crippen LogP contribution >= 0.6 is 11.6 Å². The average Bonchev–Trinajstić information content (AvgIpc) is 2.85. The predicted octanol–water partition coefficient (Wildman–Crippen LogP) is 5.29. The van der Waals surface area contributed by atoms with E-state index in [4.69, 9.17) is 16.3 Å². The van der Waals surface area contributed by atoms with Crippen molar-refractivity contribution in [1.82, 2.24) is 14.9 Å². The Morgan fingerprint density at radius 3 is 2.61 bits per heavy atom. The molecule has 4 rings (SSSR count). The van der Waals surface area contributed by atoms with Crippen LogP contribution in [-0.4, -0.2) is 56.0 Å². The summed E-state index contributed by atoms with van der Waals surface area (Å²) in [6, 6.07) is 8.90. The van der Waals surface area contributed by atoms with Gasteiger partial charge in [0.15, 0.2) is 0 Å². The van der Waals surface area contributed by atoms with Gasteiger partial charge in [-0.2, -0.15) is 0 Å². The molecule has 0 bridgehead atoms. The number of thiol groups is 1.